The molecular weight excluding hydrogens is 368 g/mol. The number of halogens is 2. The summed E-state index contributed by atoms with van der Waals surface area (Å²) in [6.07, 6.45) is 0. The minimum Gasteiger partial charge on any atom is -0.378 e. The zero-order valence-corrected chi connectivity index (χ0v) is 13.5. The molecule has 0 fully saturated rings. The highest BCUT2D eigenvalue weighted by Gasteiger charge is 2.08. The molecule has 0 saturated heterocycles. The fourth-order valence-electron chi connectivity index (χ4n) is 1.80. The molecule has 0 saturated carbocycles. The predicted molar refractivity (Wildman–Crippen MR) is 85.0 cm³/mol. The van der Waals surface area contributed by atoms with E-state index in [4.69, 9.17) is 5.26 Å². The molecule has 4 heteroatoms. The quantitative estimate of drug-likeness (QED) is 0.789. The number of nitriles is 1. The second kappa shape index (κ2) is 6.23. The Morgan fingerprint density at radius 2 is 1.95 bits per heavy atom. The van der Waals surface area contributed by atoms with Crippen LogP contribution in [0.2, 0.25) is 0 Å². The van der Waals surface area contributed by atoms with Crippen molar-refractivity contribution >= 4 is 37.5 Å². The van der Waals surface area contributed by atoms with Crippen LogP contribution >= 0.6 is 31.9 Å². The Morgan fingerprint density at radius 1 is 1.16 bits per heavy atom. The Balaban J connectivity index is 2.20. The lowest BCUT2D eigenvalue weighted by molar-refractivity contribution is 0.883. The summed E-state index contributed by atoms with van der Waals surface area (Å²) in [5, 5.41) is 12.4. The first-order valence-corrected chi connectivity index (χ1v) is 7.40. The van der Waals surface area contributed by atoms with Gasteiger partial charge >= 0.3 is 0 Å². The van der Waals surface area contributed by atoms with Gasteiger partial charge in [0.2, 0.25) is 0 Å². The van der Waals surface area contributed by atoms with Crippen molar-refractivity contribution in [2.75, 3.05) is 5.32 Å². The van der Waals surface area contributed by atoms with Crippen molar-refractivity contribution in [3.63, 3.8) is 0 Å². The second-order valence-corrected chi connectivity index (χ2v) is 6.00. The molecule has 0 radical (unpaired) electrons. The van der Waals surface area contributed by atoms with Crippen LogP contribution in [0.1, 0.15) is 24.1 Å². The van der Waals surface area contributed by atoms with Crippen molar-refractivity contribution in [1.82, 2.24) is 0 Å². The van der Waals surface area contributed by atoms with Crippen molar-refractivity contribution in [3.8, 4) is 6.07 Å². The van der Waals surface area contributed by atoms with Crippen LogP contribution in [0.25, 0.3) is 0 Å². The van der Waals surface area contributed by atoms with Gasteiger partial charge in [0, 0.05) is 20.7 Å². The van der Waals surface area contributed by atoms with Gasteiger partial charge < -0.3 is 5.32 Å². The van der Waals surface area contributed by atoms with E-state index in [1.165, 1.54) is 0 Å². The van der Waals surface area contributed by atoms with Crippen molar-refractivity contribution in [2.24, 2.45) is 0 Å². The van der Waals surface area contributed by atoms with Gasteiger partial charge in [-0.25, -0.2) is 0 Å². The van der Waals surface area contributed by atoms with Gasteiger partial charge in [-0.05, 0) is 58.7 Å². The smallest absolute Gasteiger partial charge is 0.0991 e. The summed E-state index contributed by atoms with van der Waals surface area (Å²) in [7, 11) is 0. The van der Waals surface area contributed by atoms with Crippen molar-refractivity contribution < 1.29 is 0 Å². The SMILES string of the molecule is CC(Nc1ccc(Br)cc1Br)c1cccc(C#N)c1. The topological polar surface area (TPSA) is 35.8 Å². The van der Waals surface area contributed by atoms with E-state index >= 15 is 0 Å². The number of nitrogens with zero attached hydrogens (tertiary/aromatic N) is 1. The van der Waals surface area contributed by atoms with E-state index < -0.39 is 0 Å². The Kier molecular flexibility index (Phi) is 4.62. The second-order valence-electron chi connectivity index (χ2n) is 4.23. The van der Waals surface area contributed by atoms with Gasteiger partial charge in [0.15, 0.2) is 0 Å². The van der Waals surface area contributed by atoms with Crippen LogP contribution < -0.4 is 5.32 Å². The van der Waals surface area contributed by atoms with Crippen LogP contribution in [-0.4, -0.2) is 0 Å². The average molecular weight is 380 g/mol. The summed E-state index contributed by atoms with van der Waals surface area (Å²) in [6, 6.07) is 15.9. The van der Waals surface area contributed by atoms with Gasteiger partial charge in [0.05, 0.1) is 11.6 Å². The highest BCUT2D eigenvalue weighted by Crippen LogP contribution is 2.29. The molecule has 2 aromatic rings. The molecule has 1 N–H and O–H groups in total. The standard InChI is InChI=1S/C15H12Br2N2/c1-10(12-4-2-3-11(7-12)9-18)19-15-6-5-13(16)8-14(15)17/h2-8,10,19H,1H3. The molecule has 2 nitrogen and oxygen atoms in total. The normalized spacial score (nSPS) is 11.7. The lowest BCUT2D eigenvalue weighted by Crippen LogP contribution is -2.07. The maximum atomic E-state index is 8.93. The Bertz CT molecular complexity index is 632. The van der Waals surface area contributed by atoms with Gasteiger partial charge in [-0.3, -0.25) is 0 Å². The lowest BCUT2D eigenvalue weighted by Gasteiger charge is -2.17. The first kappa shape index (κ1) is 14.1. The number of anilines is 1. The van der Waals surface area contributed by atoms with Crippen LogP contribution in [0.3, 0.4) is 0 Å². The highest BCUT2D eigenvalue weighted by atomic mass is 79.9. The Hall–Kier alpha value is -1.31. The molecule has 2 aromatic carbocycles. The molecule has 19 heavy (non-hydrogen) atoms. The number of benzene rings is 2. The molecule has 0 aliphatic heterocycles. The minimum atomic E-state index is 0.130. The number of hydrogen-bond donors (Lipinski definition) is 1. The van der Waals surface area contributed by atoms with Crippen LogP contribution in [0.15, 0.2) is 51.4 Å². The van der Waals surface area contributed by atoms with Crippen LogP contribution in [0.4, 0.5) is 5.69 Å². The Morgan fingerprint density at radius 3 is 2.63 bits per heavy atom. The zero-order valence-electron chi connectivity index (χ0n) is 10.3. The molecular formula is C15H12Br2N2. The summed E-state index contributed by atoms with van der Waals surface area (Å²) >= 11 is 6.96. The first-order valence-electron chi connectivity index (χ1n) is 5.82. The zero-order chi connectivity index (χ0) is 13.8. The van der Waals surface area contributed by atoms with Gasteiger partial charge in [0.1, 0.15) is 0 Å². The molecule has 0 aliphatic rings. The first-order chi connectivity index (χ1) is 9.10. The maximum Gasteiger partial charge on any atom is 0.0991 e. The third-order valence-corrected chi connectivity index (χ3v) is 3.97. The highest BCUT2D eigenvalue weighted by molar-refractivity contribution is 9.11. The van der Waals surface area contributed by atoms with E-state index in [1.807, 2.05) is 42.5 Å². The number of rotatable bonds is 3. The number of hydrogen-bond acceptors (Lipinski definition) is 2. The fourth-order valence-corrected chi connectivity index (χ4v) is 2.96. The lowest BCUT2D eigenvalue weighted by atomic mass is 10.1. The molecule has 0 aliphatic carbocycles. The molecule has 0 bridgehead atoms. The van der Waals surface area contributed by atoms with Crippen molar-refractivity contribution in [1.29, 1.82) is 5.26 Å². The monoisotopic (exact) mass is 378 g/mol. The summed E-state index contributed by atoms with van der Waals surface area (Å²) in [5.41, 5.74) is 2.80. The van der Waals surface area contributed by atoms with Crippen molar-refractivity contribution in [3.05, 3.63) is 62.5 Å². The molecule has 1 unspecified atom stereocenters. The molecule has 0 spiro atoms. The average Bonchev–Trinajstić information content (AvgIpc) is 2.42. The Labute approximate surface area is 129 Å². The van der Waals surface area contributed by atoms with Crippen LogP contribution in [0, 0.1) is 11.3 Å². The van der Waals surface area contributed by atoms with E-state index in [-0.39, 0.29) is 6.04 Å². The van der Waals surface area contributed by atoms with E-state index in [2.05, 4.69) is 50.2 Å². The summed E-state index contributed by atoms with van der Waals surface area (Å²) in [6.45, 7) is 2.07. The molecule has 1 atom stereocenters. The summed E-state index contributed by atoms with van der Waals surface area (Å²) in [4.78, 5) is 0. The maximum absolute atomic E-state index is 8.93. The van der Waals surface area contributed by atoms with E-state index in [1.54, 1.807) is 0 Å². The summed E-state index contributed by atoms with van der Waals surface area (Å²) < 4.78 is 2.04. The van der Waals surface area contributed by atoms with E-state index in [0.717, 1.165) is 20.2 Å². The molecule has 0 aromatic heterocycles. The van der Waals surface area contributed by atoms with Gasteiger partial charge in [-0.2, -0.15) is 5.26 Å². The molecule has 0 heterocycles. The van der Waals surface area contributed by atoms with E-state index in [0.29, 0.717) is 5.56 Å². The molecule has 2 rings (SSSR count). The molecule has 96 valence electrons. The minimum absolute atomic E-state index is 0.130. The van der Waals surface area contributed by atoms with Gasteiger partial charge in [-0.1, -0.05) is 28.1 Å². The van der Waals surface area contributed by atoms with E-state index in [9.17, 15) is 0 Å². The summed E-state index contributed by atoms with van der Waals surface area (Å²) in [5.74, 6) is 0. The van der Waals surface area contributed by atoms with Gasteiger partial charge in [0.25, 0.3) is 0 Å². The predicted octanol–water partition coefficient (Wildman–Crippen LogP) is 5.26. The number of nitrogens with one attached hydrogen (secondary N) is 1. The molecule has 0 amide bonds. The van der Waals surface area contributed by atoms with Gasteiger partial charge in [-0.15, -0.1) is 0 Å². The largest absolute Gasteiger partial charge is 0.378 e. The third-order valence-electron chi connectivity index (χ3n) is 2.82. The fraction of sp³-hybridized carbons (Fsp3) is 0.133. The third kappa shape index (κ3) is 3.59. The van der Waals surface area contributed by atoms with Crippen molar-refractivity contribution in [2.45, 2.75) is 13.0 Å². The van der Waals surface area contributed by atoms with Crippen LogP contribution in [0.5, 0.6) is 0 Å². The van der Waals surface area contributed by atoms with Crippen LogP contribution in [-0.2, 0) is 0 Å².